The third kappa shape index (κ3) is 3.83. The first-order valence-electron chi connectivity index (χ1n) is 5.11. The van der Waals surface area contributed by atoms with Gasteiger partial charge in [-0.3, -0.25) is 4.79 Å². The fraction of sp³-hybridized carbons (Fsp3) is 0.556. The second kappa shape index (κ2) is 5.94. The van der Waals surface area contributed by atoms with E-state index >= 15 is 0 Å². The van der Waals surface area contributed by atoms with Crippen LogP contribution in [-0.2, 0) is 11.3 Å². The van der Waals surface area contributed by atoms with Gasteiger partial charge in [0.25, 0.3) is 0 Å². The molecule has 0 aliphatic rings. The summed E-state index contributed by atoms with van der Waals surface area (Å²) in [5, 5.41) is 22.0. The number of nitrogens with zero attached hydrogens (tertiary/aromatic N) is 3. The molecular weight excluding hydrogens is 228 g/mol. The van der Waals surface area contributed by atoms with Crippen molar-refractivity contribution in [3.8, 4) is 0 Å². The fourth-order valence-corrected chi connectivity index (χ4v) is 1.39. The molecule has 0 aliphatic carbocycles. The molecule has 0 bridgehead atoms. The Hall–Kier alpha value is -1.96. The summed E-state index contributed by atoms with van der Waals surface area (Å²) in [6.07, 6.45) is 1.25. The summed E-state index contributed by atoms with van der Waals surface area (Å²) >= 11 is 0. The molecule has 8 heteroatoms. The minimum absolute atomic E-state index is 0.0327. The number of rotatable bonds is 7. The van der Waals surface area contributed by atoms with E-state index in [1.165, 1.54) is 10.8 Å². The summed E-state index contributed by atoms with van der Waals surface area (Å²) in [6, 6.07) is 0. The van der Waals surface area contributed by atoms with E-state index in [0.29, 0.717) is 25.5 Å². The van der Waals surface area contributed by atoms with Crippen molar-refractivity contribution in [2.75, 3.05) is 13.1 Å². The van der Waals surface area contributed by atoms with Crippen molar-refractivity contribution in [2.45, 2.75) is 19.9 Å². The summed E-state index contributed by atoms with van der Waals surface area (Å²) in [4.78, 5) is 24.3. The molecule has 0 aromatic carbocycles. The van der Waals surface area contributed by atoms with Crippen molar-refractivity contribution >= 4 is 11.8 Å². The van der Waals surface area contributed by atoms with Gasteiger partial charge in [-0.25, -0.2) is 9.55 Å². The van der Waals surface area contributed by atoms with Crippen molar-refractivity contribution in [2.24, 2.45) is 0 Å². The van der Waals surface area contributed by atoms with Crippen LogP contribution in [0, 0.1) is 17.0 Å². The van der Waals surface area contributed by atoms with Crippen LogP contribution >= 0.6 is 0 Å². The molecule has 0 aliphatic heterocycles. The van der Waals surface area contributed by atoms with Crippen LogP contribution in [0.15, 0.2) is 6.20 Å². The maximum Gasteiger partial charge on any atom is 0.342 e. The molecule has 1 heterocycles. The number of carboxylic acid groups (broad SMARTS) is 1. The zero-order valence-corrected chi connectivity index (χ0v) is 9.42. The highest BCUT2D eigenvalue weighted by molar-refractivity contribution is 5.66. The molecule has 94 valence electrons. The number of imidazole rings is 1. The average molecular weight is 242 g/mol. The largest absolute Gasteiger partial charge is 0.481 e. The molecule has 8 nitrogen and oxygen atoms in total. The molecule has 0 saturated carbocycles. The number of aliphatic carboxylic acids is 1. The van der Waals surface area contributed by atoms with Crippen LogP contribution in [0.1, 0.15) is 12.2 Å². The Morgan fingerprint density at radius 1 is 1.65 bits per heavy atom. The Morgan fingerprint density at radius 2 is 2.35 bits per heavy atom. The van der Waals surface area contributed by atoms with E-state index in [4.69, 9.17) is 5.11 Å². The zero-order valence-electron chi connectivity index (χ0n) is 9.42. The van der Waals surface area contributed by atoms with Crippen LogP contribution in [0.5, 0.6) is 0 Å². The van der Waals surface area contributed by atoms with E-state index in [2.05, 4.69) is 10.3 Å². The molecule has 1 aromatic heterocycles. The molecule has 0 atom stereocenters. The van der Waals surface area contributed by atoms with E-state index in [-0.39, 0.29) is 12.2 Å². The molecule has 0 radical (unpaired) electrons. The van der Waals surface area contributed by atoms with Crippen molar-refractivity contribution in [3.63, 3.8) is 0 Å². The van der Waals surface area contributed by atoms with Gasteiger partial charge in [-0.1, -0.05) is 0 Å². The van der Waals surface area contributed by atoms with Crippen LogP contribution in [0.25, 0.3) is 0 Å². The van der Waals surface area contributed by atoms with Crippen LogP contribution < -0.4 is 5.32 Å². The monoisotopic (exact) mass is 242 g/mol. The normalized spacial score (nSPS) is 10.4. The lowest BCUT2D eigenvalue weighted by atomic mass is 10.4. The fourth-order valence-electron chi connectivity index (χ4n) is 1.39. The smallest absolute Gasteiger partial charge is 0.342 e. The number of aryl methyl sites for hydroxylation is 1. The first kappa shape index (κ1) is 13.1. The van der Waals surface area contributed by atoms with Crippen molar-refractivity contribution in [1.29, 1.82) is 0 Å². The molecular formula is C9H14N4O4. The third-order valence-electron chi connectivity index (χ3n) is 2.25. The van der Waals surface area contributed by atoms with Crippen LogP contribution in [-0.4, -0.2) is 38.6 Å². The van der Waals surface area contributed by atoms with E-state index in [1.54, 1.807) is 6.92 Å². The summed E-state index contributed by atoms with van der Waals surface area (Å²) in [7, 11) is 0. The van der Waals surface area contributed by atoms with E-state index in [1.807, 2.05) is 0 Å². The number of hydrogen-bond donors (Lipinski definition) is 2. The highest BCUT2D eigenvalue weighted by Crippen LogP contribution is 2.12. The van der Waals surface area contributed by atoms with Crippen LogP contribution in [0.2, 0.25) is 0 Å². The molecule has 2 N–H and O–H groups in total. The van der Waals surface area contributed by atoms with E-state index in [0.717, 1.165) is 0 Å². The van der Waals surface area contributed by atoms with Crippen molar-refractivity contribution in [3.05, 3.63) is 22.1 Å². The highest BCUT2D eigenvalue weighted by atomic mass is 16.6. The van der Waals surface area contributed by atoms with Gasteiger partial charge in [0.05, 0.1) is 6.42 Å². The first-order valence-corrected chi connectivity index (χ1v) is 5.11. The third-order valence-corrected chi connectivity index (χ3v) is 2.25. The average Bonchev–Trinajstić information content (AvgIpc) is 2.59. The summed E-state index contributed by atoms with van der Waals surface area (Å²) in [6.45, 7) is 2.88. The lowest BCUT2D eigenvalue weighted by molar-refractivity contribution is -0.392. The standard InChI is InChI=1S/C9H14N4O4/c1-7-11-6-8(13(16)17)12(7)5-4-10-3-2-9(14)15/h6,10H,2-5H2,1H3,(H,14,15). The maximum absolute atomic E-state index is 10.7. The Morgan fingerprint density at radius 3 is 2.94 bits per heavy atom. The second-order valence-corrected chi connectivity index (χ2v) is 3.47. The molecule has 1 aromatic rings. The Bertz CT molecular complexity index is 415. The molecule has 0 spiro atoms. The molecule has 1 rings (SSSR count). The predicted molar refractivity (Wildman–Crippen MR) is 58.7 cm³/mol. The number of carboxylic acids is 1. The number of aromatic nitrogens is 2. The highest BCUT2D eigenvalue weighted by Gasteiger charge is 2.16. The molecule has 0 saturated heterocycles. The predicted octanol–water partition coefficient (Wildman–Crippen LogP) is 0.164. The summed E-state index contributed by atoms with van der Waals surface area (Å²) in [5.41, 5.74) is 0. The van der Waals surface area contributed by atoms with E-state index < -0.39 is 10.9 Å². The minimum atomic E-state index is -0.873. The molecule has 0 unspecified atom stereocenters. The van der Waals surface area contributed by atoms with Crippen LogP contribution in [0.3, 0.4) is 0 Å². The topological polar surface area (TPSA) is 110 Å². The van der Waals surface area contributed by atoms with Gasteiger partial charge in [0.1, 0.15) is 12.7 Å². The second-order valence-electron chi connectivity index (χ2n) is 3.47. The number of nitrogens with one attached hydrogen (secondary N) is 1. The van der Waals surface area contributed by atoms with Gasteiger partial charge >= 0.3 is 11.8 Å². The maximum atomic E-state index is 10.7. The van der Waals surface area contributed by atoms with Gasteiger partial charge in [-0.15, -0.1) is 0 Å². The Kier molecular flexibility index (Phi) is 4.58. The van der Waals surface area contributed by atoms with Gasteiger partial charge < -0.3 is 20.5 Å². The van der Waals surface area contributed by atoms with Gasteiger partial charge in [-0.05, 0) is 4.92 Å². The van der Waals surface area contributed by atoms with Gasteiger partial charge in [0.15, 0.2) is 5.82 Å². The summed E-state index contributed by atoms with van der Waals surface area (Å²) in [5.74, 6) is -0.360. The van der Waals surface area contributed by atoms with Gasteiger partial charge in [-0.2, -0.15) is 0 Å². The Balaban J connectivity index is 2.43. The zero-order chi connectivity index (χ0) is 12.8. The number of hydrogen-bond acceptors (Lipinski definition) is 5. The van der Waals surface area contributed by atoms with Crippen molar-refractivity contribution in [1.82, 2.24) is 14.9 Å². The van der Waals surface area contributed by atoms with Crippen LogP contribution in [0.4, 0.5) is 5.82 Å². The summed E-state index contributed by atoms with van der Waals surface area (Å²) < 4.78 is 1.48. The lowest BCUT2D eigenvalue weighted by Crippen LogP contribution is -2.23. The van der Waals surface area contributed by atoms with Gasteiger partial charge in [0.2, 0.25) is 0 Å². The van der Waals surface area contributed by atoms with E-state index in [9.17, 15) is 14.9 Å². The minimum Gasteiger partial charge on any atom is -0.481 e. The number of carbonyl (C=O) groups is 1. The van der Waals surface area contributed by atoms with Gasteiger partial charge in [0, 0.05) is 20.0 Å². The number of nitro groups is 1. The quantitative estimate of drug-likeness (QED) is 0.400. The Labute approximate surface area is 97.4 Å². The van der Waals surface area contributed by atoms with Crippen molar-refractivity contribution < 1.29 is 14.8 Å². The molecule has 0 fully saturated rings. The molecule has 17 heavy (non-hydrogen) atoms. The first-order chi connectivity index (χ1) is 8.02. The molecule has 0 amide bonds. The lowest BCUT2D eigenvalue weighted by Gasteiger charge is -2.04. The SMILES string of the molecule is Cc1ncc([N+](=O)[O-])n1CCNCCC(=O)O.